The third-order valence-electron chi connectivity index (χ3n) is 3.83. The summed E-state index contributed by atoms with van der Waals surface area (Å²) in [7, 11) is 1.75. The number of carbonyl (C=O) groups is 1. The van der Waals surface area contributed by atoms with Crippen LogP contribution in [0.25, 0.3) is 0 Å². The summed E-state index contributed by atoms with van der Waals surface area (Å²) in [5.74, 6) is 0.661. The second kappa shape index (κ2) is 7.89. The van der Waals surface area contributed by atoms with Crippen LogP contribution in [-0.2, 0) is 13.2 Å². The zero-order valence-electron chi connectivity index (χ0n) is 14.6. The van der Waals surface area contributed by atoms with Crippen LogP contribution in [0.1, 0.15) is 31.4 Å². The van der Waals surface area contributed by atoms with E-state index in [4.69, 9.17) is 14.4 Å². The number of thiophene rings is 1. The predicted octanol–water partition coefficient (Wildman–Crippen LogP) is 4.37. The molecule has 2 heterocycles. The van der Waals surface area contributed by atoms with Gasteiger partial charge in [-0.05, 0) is 43.3 Å². The van der Waals surface area contributed by atoms with Gasteiger partial charge in [0.15, 0.2) is 5.76 Å². The van der Waals surface area contributed by atoms with Crippen LogP contribution >= 0.6 is 11.3 Å². The molecule has 0 spiro atoms. The van der Waals surface area contributed by atoms with E-state index in [1.54, 1.807) is 53.6 Å². The van der Waals surface area contributed by atoms with Gasteiger partial charge in [-0.25, -0.2) is 0 Å². The molecule has 132 valence electrons. The van der Waals surface area contributed by atoms with E-state index in [2.05, 4.69) is 6.07 Å². The maximum Gasteiger partial charge on any atom is 0.290 e. The molecule has 0 unspecified atom stereocenters. The largest absolute Gasteiger partial charge is 0.489 e. The highest BCUT2D eigenvalue weighted by molar-refractivity contribution is 7.11. The zero-order chi connectivity index (χ0) is 18.5. The molecule has 5 nitrogen and oxygen atoms in total. The quantitative estimate of drug-likeness (QED) is 0.650. The summed E-state index contributed by atoms with van der Waals surface area (Å²) in [6.07, 6.45) is 1.49. The molecule has 0 saturated heterocycles. The SMILES string of the molecule is Cc1ccc(CN(C)C(=O)c2occc2COc2cccc(C#N)c2)s1. The average Bonchev–Trinajstić information content (AvgIpc) is 3.28. The lowest BCUT2D eigenvalue weighted by Gasteiger charge is -2.15. The average molecular weight is 366 g/mol. The number of hydrogen-bond acceptors (Lipinski definition) is 5. The van der Waals surface area contributed by atoms with Crippen molar-refractivity contribution in [3.8, 4) is 11.8 Å². The topological polar surface area (TPSA) is 66.5 Å². The Morgan fingerprint density at radius 3 is 2.88 bits per heavy atom. The van der Waals surface area contributed by atoms with Crippen LogP contribution in [0.2, 0.25) is 0 Å². The van der Waals surface area contributed by atoms with Crippen molar-refractivity contribution in [3.05, 3.63) is 75.4 Å². The van der Waals surface area contributed by atoms with Gasteiger partial charge in [0.05, 0.1) is 24.4 Å². The van der Waals surface area contributed by atoms with Gasteiger partial charge >= 0.3 is 0 Å². The Morgan fingerprint density at radius 1 is 1.31 bits per heavy atom. The molecule has 3 rings (SSSR count). The lowest BCUT2D eigenvalue weighted by atomic mass is 10.2. The molecule has 2 aromatic heterocycles. The molecule has 26 heavy (non-hydrogen) atoms. The van der Waals surface area contributed by atoms with Crippen LogP contribution in [-0.4, -0.2) is 17.9 Å². The maximum absolute atomic E-state index is 12.7. The summed E-state index contributed by atoms with van der Waals surface area (Å²) in [6, 6.07) is 14.8. The summed E-state index contributed by atoms with van der Waals surface area (Å²) >= 11 is 1.67. The van der Waals surface area contributed by atoms with Gasteiger partial charge in [0.25, 0.3) is 5.91 Å². The fourth-order valence-corrected chi connectivity index (χ4v) is 3.45. The minimum Gasteiger partial charge on any atom is -0.489 e. The van der Waals surface area contributed by atoms with E-state index in [-0.39, 0.29) is 18.3 Å². The second-order valence-corrected chi connectivity index (χ2v) is 7.25. The number of amides is 1. The lowest BCUT2D eigenvalue weighted by Crippen LogP contribution is -2.26. The molecule has 0 N–H and O–H groups in total. The molecule has 3 aromatic rings. The lowest BCUT2D eigenvalue weighted by molar-refractivity contribution is 0.0751. The summed E-state index contributed by atoms with van der Waals surface area (Å²) in [5.41, 5.74) is 1.20. The van der Waals surface area contributed by atoms with Crippen LogP contribution < -0.4 is 4.74 Å². The first-order chi connectivity index (χ1) is 12.6. The van der Waals surface area contributed by atoms with E-state index in [1.165, 1.54) is 11.1 Å². The molecule has 0 aliphatic rings. The fraction of sp³-hybridized carbons (Fsp3) is 0.200. The molecular formula is C20H18N2O3S. The Bertz CT molecular complexity index is 952. The van der Waals surface area contributed by atoms with E-state index in [0.717, 1.165) is 4.88 Å². The van der Waals surface area contributed by atoms with Gasteiger partial charge in [0.1, 0.15) is 12.4 Å². The normalized spacial score (nSPS) is 10.3. The number of carbonyl (C=O) groups excluding carboxylic acids is 1. The zero-order valence-corrected chi connectivity index (χ0v) is 15.4. The third kappa shape index (κ3) is 4.13. The second-order valence-electron chi connectivity index (χ2n) is 5.88. The Balaban J connectivity index is 1.67. The number of nitriles is 1. The summed E-state index contributed by atoms with van der Waals surface area (Å²) < 4.78 is 11.1. The Kier molecular flexibility index (Phi) is 5.40. The molecule has 1 aromatic carbocycles. The van der Waals surface area contributed by atoms with Crippen molar-refractivity contribution in [1.29, 1.82) is 5.26 Å². The van der Waals surface area contributed by atoms with Crippen LogP contribution in [0.3, 0.4) is 0 Å². The van der Waals surface area contributed by atoms with Crippen molar-refractivity contribution >= 4 is 17.2 Å². The highest BCUT2D eigenvalue weighted by atomic mass is 32.1. The molecular weight excluding hydrogens is 348 g/mol. The van der Waals surface area contributed by atoms with Crippen molar-refractivity contribution in [2.24, 2.45) is 0 Å². The van der Waals surface area contributed by atoms with Crippen molar-refractivity contribution in [2.75, 3.05) is 7.05 Å². The Hall–Kier alpha value is -3.04. The molecule has 0 aliphatic carbocycles. The number of nitrogens with zero attached hydrogens (tertiary/aromatic N) is 2. The molecule has 6 heteroatoms. The van der Waals surface area contributed by atoms with Gasteiger partial charge in [-0.3, -0.25) is 4.79 Å². The fourth-order valence-electron chi connectivity index (χ4n) is 2.50. The maximum atomic E-state index is 12.7. The molecule has 0 radical (unpaired) electrons. The van der Waals surface area contributed by atoms with E-state index in [1.807, 2.05) is 19.1 Å². The van der Waals surface area contributed by atoms with Crippen molar-refractivity contribution in [2.45, 2.75) is 20.1 Å². The van der Waals surface area contributed by atoms with Gasteiger partial charge < -0.3 is 14.1 Å². The van der Waals surface area contributed by atoms with Crippen molar-refractivity contribution in [1.82, 2.24) is 4.90 Å². The van der Waals surface area contributed by atoms with E-state index < -0.39 is 0 Å². The first-order valence-electron chi connectivity index (χ1n) is 8.07. The van der Waals surface area contributed by atoms with E-state index in [0.29, 0.717) is 23.4 Å². The summed E-state index contributed by atoms with van der Waals surface area (Å²) in [4.78, 5) is 16.7. The van der Waals surface area contributed by atoms with Gasteiger partial charge in [0, 0.05) is 22.4 Å². The van der Waals surface area contributed by atoms with Crippen molar-refractivity contribution < 1.29 is 13.9 Å². The summed E-state index contributed by atoms with van der Waals surface area (Å²) in [6.45, 7) is 2.76. The Morgan fingerprint density at radius 2 is 2.15 bits per heavy atom. The van der Waals surface area contributed by atoms with Crippen LogP contribution in [0.4, 0.5) is 0 Å². The predicted molar refractivity (Wildman–Crippen MR) is 99.1 cm³/mol. The highest BCUT2D eigenvalue weighted by Crippen LogP contribution is 2.21. The molecule has 0 atom stereocenters. The first kappa shape index (κ1) is 17.8. The Labute approximate surface area is 156 Å². The third-order valence-corrected chi connectivity index (χ3v) is 4.82. The number of rotatable bonds is 6. The monoisotopic (exact) mass is 366 g/mol. The smallest absolute Gasteiger partial charge is 0.290 e. The standard InChI is InChI=1S/C20H18N2O3S/c1-14-6-7-18(26-14)12-22(2)20(23)19-16(8-9-24-19)13-25-17-5-3-4-15(10-17)11-21/h3-10H,12-13H2,1-2H3. The number of benzene rings is 1. The molecule has 0 aliphatic heterocycles. The molecule has 1 amide bonds. The molecule has 0 bridgehead atoms. The molecule has 0 saturated carbocycles. The van der Waals surface area contributed by atoms with Gasteiger partial charge in [0.2, 0.25) is 0 Å². The van der Waals surface area contributed by atoms with Crippen molar-refractivity contribution in [3.63, 3.8) is 0 Å². The first-order valence-corrected chi connectivity index (χ1v) is 8.88. The number of hydrogen-bond donors (Lipinski definition) is 0. The van der Waals surface area contributed by atoms with Crippen LogP contribution in [0, 0.1) is 18.3 Å². The minimum absolute atomic E-state index is 0.189. The highest BCUT2D eigenvalue weighted by Gasteiger charge is 2.20. The number of furan rings is 1. The van der Waals surface area contributed by atoms with Crippen LogP contribution in [0.15, 0.2) is 53.1 Å². The van der Waals surface area contributed by atoms with E-state index >= 15 is 0 Å². The van der Waals surface area contributed by atoms with Crippen LogP contribution in [0.5, 0.6) is 5.75 Å². The van der Waals surface area contributed by atoms with Gasteiger partial charge in [-0.1, -0.05) is 6.07 Å². The van der Waals surface area contributed by atoms with Gasteiger partial charge in [-0.2, -0.15) is 5.26 Å². The van der Waals surface area contributed by atoms with Gasteiger partial charge in [-0.15, -0.1) is 11.3 Å². The minimum atomic E-state index is -0.189. The van der Waals surface area contributed by atoms with E-state index in [9.17, 15) is 4.79 Å². The summed E-state index contributed by atoms with van der Waals surface area (Å²) in [5, 5.41) is 8.94. The molecule has 0 fully saturated rings. The number of aryl methyl sites for hydroxylation is 1. The number of ether oxygens (including phenoxy) is 1.